The summed E-state index contributed by atoms with van der Waals surface area (Å²) in [5.74, 6) is -1.02. The first-order valence-electron chi connectivity index (χ1n) is 4.76. The smallest absolute Gasteiger partial charge is 0.347 e. The van der Waals surface area contributed by atoms with Crippen molar-refractivity contribution < 1.29 is 9.90 Å². The summed E-state index contributed by atoms with van der Waals surface area (Å²) < 4.78 is 0. The van der Waals surface area contributed by atoms with Crippen molar-refractivity contribution in [1.82, 2.24) is 4.98 Å². The summed E-state index contributed by atoms with van der Waals surface area (Å²) in [5.41, 5.74) is 1.03. The number of halogens is 1. The van der Waals surface area contributed by atoms with Gasteiger partial charge in [-0.2, -0.15) is 5.26 Å². The Morgan fingerprint density at radius 1 is 1.56 bits per heavy atom. The molecule has 1 aromatic carbocycles. The summed E-state index contributed by atoms with van der Waals surface area (Å²) in [6, 6.07) is 6.75. The van der Waals surface area contributed by atoms with Gasteiger partial charge in [0.1, 0.15) is 4.88 Å². The fourth-order valence-corrected chi connectivity index (χ4v) is 2.13. The molecule has 0 saturated heterocycles. The second kappa shape index (κ2) is 5.04. The van der Waals surface area contributed by atoms with Gasteiger partial charge in [-0.3, -0.25) is 0 Å². The highest BCUT2D eigenvalue weighted by Crippen LogP contribution is 2.28. The molecule has 1 heterocycles. The lowest BCUT2D eigenvalue weighted by atomic mass is 10.2. The number of aromatic nitrogens is 1. The van der Waals surface area contributed by atoms with Crippen LogP contribution in [0.15, 0.2) is 24.4 Å². The maximum atomic E-state index is 10.7. The minimum Gasteiger partial charge on any atom is -0.477 e. The van der Waals surface area contributed by atoms with E-state index in [4.69, 9.17) is 22.0 Å². The highest BCUT2D eigenvalue weighted by atomic mass is 35.5. The van der Waals surface area contributed by atoms with Crippen LogP contribution in [0.2, 0.25) is 5.02 Å². The number of carboxylic acids is 1. The largest absolute Gasteiger partial charge is 0.477 e. The van der Waals surface area contributed by atoms with Crippen molar-refractivity contribution in [2.45, 2.75) is 0 Å². The van der Waals surface area contributed by atoms with E-state index in [0.717, 1.165) is 11.3 Å². The lowest BCUT2D eigenvalue weighted by Gasteiger charge is -2.04. The van der Waals surface area contributed by atoms with Crippen LogP contribution < -0.4 is 5.32 Å². The van der Waals surface area contributed by atoms with E-state index in [0.29, 0.717) is 21.4 Å². The van der Waals surface area contributed by atoms with Gasteiger partial charge in [0.05, 0.1) is 28.5 Å². The molecular weight excluding hydrogens is 274 g/mol. The van der Waals surface area contributed by atoms with Crippen molar-refractivity contribution in [3.8, 4) is 6.07 Å². The SMILES string of the molecule is N#Cc1ccc(Nc2ncc(C(=O)O)s2)c(Cl)c1. The average Bonchev–Trinajstić information content (AvgIpc) is 2.80. The van der Waals surface area contributed by atoms with Gasteiger partial charge >= 0.3 is 5.97 Å². The van der Waals surface area contributed by atoms with Gasteiger partial charge < -0.3 is 10.4 Å². The third-order valence-corrected chi connectivity index (χ3v) is 3.27. The summed E-state index contributed by atoms with van der Waals surface area (Å²) in [6.45, 7) is 0. The lowest BCUT2D eigenvalue weighted by molar-refractivity contribution is 0.0702. The number of benzene rings is 1. The Morgan fingerprint density at radius 3 is 2.89 bits per heavy atom. The van der Waals surface area contributed by atoms with Crippen LogP contribution >= 0.6 is 22.9 Å². The number of anilines is 2. The highest BCUT2D eigenvalue weighted by Gasteiger charge is 2.09. The second-order valence-electron chi connectivity index (χ2n) is 3.27. The van der Waals surface area contributed by atoms with E-state index in [1.165, 1.54) is 12.3 Å². The van der Waals surface area contributed by atoms with Crippen LogP contribution in [-0.4, -0.2) is 16.1 Å². The molecule has 0 aliphatic heterocycles. The van der Waals surface area contributed by atoms with Crippen LogP contribution in [0.1, 0.15) is 15.2 Å². The number of thiazole rings is 1. The van der Waals surface area contributed by atoms with E-state index in [2.05, 4.69) is 10.3 Å². The number of rotatable bonds is 3. The second-order valence-corrected chi connectivity index (χ2v) is 4.70. The number of nitriles is 1. The minimum atomic E-state index is -1.02. The first-order chi connectivity index (χ1) is 8.60. The van der Waals surface area contributed by atoms with Gasteiger partial charge in [-0.05, 0) is 18.2 Å². The molecule has 0 amide bonds. The van der Waals surface area contributed by atoms with Gasteiger partial charge in [-0.25, -0.2) is 9.78 Å². The summed E-state index contributed by atoms with van der Waals surface area (Å²) in [5, 5.41) is 21.2. The molecule has 0 spiro atoms. The Balaban J connectivity index is 2.23. The van der Waals surface area contributed by atoms with Crippen molar-refractivity contribution in [3.63, 3.8) is 0 Å². The molecule has 7 heteroatoms. The molecule has 2 rings (SSSR count). The number of nitrogens with zero attached hydrogens (tertiary/aromatic N) is 2. The van der Waals surface area contributed by atoms with Crippen molar-refractivity contribution in [2.75, 3.05) is 5.32 Å². The Morgan fingerprint density at radius 2 is 2.33 bits per heavy atom. The monoisotopic (exact) mass is 279 g/mol. The third-order valence-electron chi connectivity index (χ3n) is 2.06. The predicted octanol–water partition coefficient (Wildman–Crippen LogP) is 3.11. The number of carboxylic acid groups (broad SMARTS) is 1. The summed E-state index contributed by atoms with van der Waals surface area (Å²) in [7, 11) is 0. The van der Waals surface area contributed by atoms with E-state index in [-0.39, 0.29) is 4.88 Å². The van der Waals surface area contributed by atoms with E-state index in [1.54, 1.807) is 12.1 Å². The first-order valence-corrected chi connectivity index (χ1v) is 5.95. The average molecular weight is 280 g/mol. The normalized spacial score (nSPS) is 9.78. The van der Waals surface area contributed by atoms with Gasteiger partial charge in [0, 0.05) is 0 Å². The van der Waals surface area contributed by atoms with Gasteiger partial charge in [0.2, 0.25) is 0 Å². The molecular formula is C11H6ClN3O2S. The summed E-state index contributed by atoms with van der Waals surface area (Å²) in [6.07, 6.45) is 1.27. The maximum Gasteiger partial charge on any atom is 0.347 e. The fraction of sp³-hybridized carbons (Fsp3) is 0. The zero-order valence-electron chi connectivity index (χ0n) is 8.85. The molecule has 0 bridgehead atoms. The molecule has 90 valence electrons. The quantitative estimate of drug-likeness (QED) is 0.901. The lowest BCUT2D eigenvalue weighted by Crippen LogP contribution is -1.91. The molecule has 0 fully saturated rings. The molecule has 0 aliphatic carbocycles. The number of carbonyl (C=O) groups is 1. The van der Waals surface area contributed by atoms with Crippen LogP contribution in [0.3, 0.4) is 0 Å². The molecule has 0 saturated carbocycles. The fourth-order valence-electron chi connectivity index (χ4n) is 1.23. The molecule has 18 heavy (non-hydrogen) atoms. The van der Waals surface area contributed by atoms with E-state index in [1.807, 2.05) is 6.07 Å². The van der Waals surface area contributed by atoms with Crippen molar-refractivity contribution in [1.29, 1.82) is 5.26 Å². The molecule has 0 atom stereocenters. The Hall–Kier alpha value is -2.10. The molecule has 0 aliphatic rings. The van der Waals surface area contributed by atoms with Gasteiger partial charge in [-0.1, -0.05) is 22.9 Å². The van der Waals surface area contributed by atoms with E-state index in [9.17, 15) is 4.79 Å². The van der Waals surface area contributed by atoms with Gasteiger partial charge in [-0.15, -0.1) is 0 Å². The Kier molecular flexibility index (Phi) is 3.46. The standard InChI is InChI=1S/C11H6ClN3O2S/c12-7-3-6(4-13)1-2-8(7)15-11-14-5-9(18-11)10(16)17/h1-3,5H,(H,14,15)(H,16,17). The molecule has 5 nitrogen and oxygen atoms in total. The van der Waals surface area contributed by atoms with Crippen molar-refractivity contribution in [2.24, 2.45) is 0 Å². The Labute approximate surface area is 111 Å². The third kappa shape index (κ3) is 2.59. The van der Waals surface area contributed by atoms with Crippen LogP contribution in [0.4, 0.5) is 10.8 Å². The molecule has 2 N–H and O–H groups in total. The van der Waals surface area contributed by atoms with Crippen LogP contribution in [0.5, 0.6) is 0 Å². The van der Waals surface area contributed by atoms with Crippen molar-refractivity contribution >= 4 is 39.7 Å². The van der Waals surface area contributed by atoms with Crippen molar-refractivity contribution in [3.05, 3.63) is 39.9 Å². The number of nitrogens with one attached hydrogen (secondary N) is 1. The topological polar surface area (TPSA) is 86.0 Å². The Bertz CT molecular complexity index is 648. The number of hydrogen-bond acceptors (Lipinski definition) is 5. The molecule has 0 radical (unpaired) electrons. The number of hydrogen-bond donors (Lipinski definition) is 2. The minimum absolute atomic E-state index is 0.141. The van der Waals surface area contributed by atoms with Gasteiger partial charge in [0.25, 0.3) is 0 Å². The van der Waals surface area contributed by atoms with Crippen LogP contribution in [0.25, 0.3) is 0 Å². The molecule has 2 aromatic rings. The molecule has 0 unspecified atom stereocenters. The summed E-state index contributed by atoms with van der Waals surface area (Å²) in [4.78, 5) is 14.8. The number of aromatic carboxylic acids is 1. The summed E-state index contributed by atoms with van der Waals surface area (Å²) >= 11 is 6.98. The van der Waals surface area contributed by atoms with E-state index >= 15 is 0 Å². The highest BCUT2D eigenvalue weighted by molar-refractivity contribution is 7.17. The van der Waals surface area contributed by atoms with E-state index < -0.39 is 5.97 Å². The predicted molar refractivity (Wildman–Crippen MR) is 68.5 cm³/mol. The first kappa shape index (κ1) is 12.4. The van der Waals surface area contributed by atoms with Crippen LogP contribution in [-0.2, 0) is 0 Å². The molecule has 1 aromatic heterocycles. The zero-order chi connectivity index (χ0) is 13.1. The zero-order valence-corrected chi connectivity index (χ0v) is 10.4. The maximum absolute atomic E-state index is 10.7. The van der Waals surface area contributed by atoms with Crippen LogP contribution in [0, 0.1) is 11.3 Å². The van der Waals surface area contributed by atoms with Gasteiger partial charge in [0.15, 0.2) is 5.13 Å².